The molecular formula is C16H23FN2. The molecule has 3 heteroatoms. The molecule has 19 heavy (non-hydrogen) atoms. The van der Waals surface area contributed by atoms with Crippen molar-refractivity contribution in [2.45, 2.75) is 45.2 Å². The van der Waals surface area contributed by atoms with Gasteiger partial charge < -0.3 is 10.2 Å². The minimum absolute atomic E-state index is 0.114. The zero-order chi connectivity index (χ0) is 13.6. The van der Waals surface area contributed by atoms with Gasteiger partial charge in [-0.2, -0.15) is 0 Å². The van der Waals surface area contributed by atoms with E-state index >= 15 is 0 Å². The van der Waals surface area contributed by atoms with E-state index in [1.54, 1.807) is 6.07 Å². The fourth-order valence-corrected chi connectivity index (χ4v) is 3.20. The second kappa shape index (κ2) is 4.48. The number of aryl methyl sites for hydroxylation is 1. The van der Waals surface area contributed by atoms with Gasteiger partial charge in [0.25, 0.3) is 0 Å². The van der Waals surface area contributed by atoms with E-state index in [1.165, 1.54) is 12.8 Å². The van der Waals surface area contributed by atoms with Gasteiger partial charge in [0.05, 0.1) is 0 Å². The number of hydrogen-bond donors (Lipinski definition) is 1. The Morgan fingerprint density at radius 3 is 2.74 bits per heavy atom. The molecule has 2 aliphatic rings. The normalized spacial score (nSPS) is 31.6. The molecule has 104 valence electrons. The van der Waals surface area contributed by atoms with E-state index in [4.69, 9.17) is 0 Å². The number of halogens is 1. The Kier molecular flexibility index (Phi) is 3.05. The zero-order valence-corrected chi connectivity index (χ0v) is 12.0. The molecule has 2 nitrogen and oxygen atoms in total. The molecule has 2 unspecified atom stereocenters. The minimum atomic E-state index is -0.114. The van der Waals surface area contributed by atoms with Crippen molar-refractivity contribution in [1.29, 1.82) is 0 Å². The first-order chi connectivity index (χ1) is 8.99. The summed E-state index contributed by atoms with van der Waals surface area (Å²) in [5, 5.41) is 3.72. The van der Waals surface area contributed by atoms with Crippen LogP contribution in [-0.4, -0.2) is 24.7 Å². The lowest BCUT2D eigenvalue weighted by molar-refractivity contribution is 0.261. The van der Waals surface area contributed by atoms with Crippen LogP contribution in [0.1, 0.15) is 32.3 Å². The van der Waals surface area contributed by atoms with E-state index < -0.39 is 0 Å². The van der Waals surface area contributed by atoms with E-state index in [1.807, 2.05) is 19.1 Å². The summed E-state index contributed by atoms with van der Waals surface area (Å²) in [6.45, 7) is 8.43. The Balaban J connectivity index is 1.86. The van der Waals surface area contributed by atoms with Gasteiger partial charge in [0.2, 0.25) is 0 Å². The molecule has 1 saturated carbocycles. The predicted octanol–water partition coefficient (Wildman–Crippen LogP) is 3.10. The molecule has 0 amide bonds. The standard InChI is InChI=1S/C16H23FN2/c1-11-8-14(6-7-15(11)17)19-10-16(3,13-4-5-13)18-9-12(19)2/h6-8,12-13,18H,4-5,9-10H2,1-3H3. The summed E-state index contributed by atoms with van der Waals surface area (Å²) >= 11 is 0. The van der Waals surface area contributed by atoms with Crippen molar-refractivity contribution in [2.24, 2.45) is 5.92 Å². The molecule has 1 heterocycles. The maximum atomic E-state index is 13.4. The molecule has 3 rings (SSSR count). The Hall–Kier alpha value is -1.09. The van der Waals surface area contributed by atoms with Crippen LogP contribution in [0.4, 0.5) is 10.1 Å². The van der Waals surface area contributed by atoms with E-state index in [0.717, 1.165) is 30.3 Å². The third-order valence-corrected chi connectivity index (χ3v) is 4.78. The lowest BCUT2D eigenvalue weighted by atomic mass is 9.90. The number of nitrogens with one attached hydrogen (secondary N) is 1. The van der Waals surface area contributed by atoms with Crippen LogP contribution in [0.5, 0.6) is 0 Å². The van der Waals surface area contributed by atoms with Crippen molar-refractivity contribution in [2.75, 3.05) is 18.0 Å². The number of nitrogens with zero attached hydrogens (tertiary/aromatic N) is 1. The Labute approximate surface area is 115 Å². The van der Waals surface area contributed by atoms with Gasteiger partial charge in [-0.3, -0.25) is 0 Å². The molecule has 2 fully saturated rings. The van der Waals surface area contributed by atoms with Gasteiger partial charge in [-0.05, 0) is 63.3 Å². The molecule has 2 atom stereocenters. The number of piperazine rings is 1. The minimum Gasteiger partial charge on any atom is -0.366 e. The van der Waals surface area contributed by atoms with Crippen LogP contribution < -0.4 is 10.2 Å². The van der Waals surface area contributed by atoms with Crippen LogP contribution in [0.2, 0.25) is 0 Å². The molecule has 1 aromatic carbocycles. The third kappa shape index (κ3) is 2.36. The van der Waals surface area contributed by atoms with Crippen LogP contribution in [0.3, 0.4) is 0 Å². The van der Waals surface area contributed by atoms with Crippen molar-refractivity contribution in [3.05, 3.63) is 29.6 Å². The van der Waals surface area contributed by atoms with Crippen molar-refractivity contribution in [1.82, 2.24) is 5.32 Å². The molecule has 1 aromatic rings. The largest absolute Gasteiger partial charge is 0.366 e. The van der Waals surface area contributed by atoms with E-state index in [9.17, 15) is 4.39 Å². The lowest BCUT2D eigenvalue weighted by Crippen LogP contribution is -2.63. The Morgan fingerprint density at radius 2 is 2.11 bits per heavy atom. The maximum Gasteiger partial charge on any atom is 0.126 e. The smallest absolute Gasteiger partial charge is 0.126 e. The van der Waals surface area contributed by atoms with Gasteiger partial charge in [-0.15, -0.1) is 0 Å². The molecular weight excluding hydrogens is 239 g/mol. The molecule has 1 aliphatic heterocycles. The number of anilines is 1. The molecule has 1 N–H and O–H groups in total. The van der Waals surface area contributed by atoms with E-state index in [2.05, 4.69) is 24.1 Å². The van der Waals surface area contributed by atoms with Gasteiger partial charge in [0.1, 0.15) is 5.82 Å². The Morgan fingerprint density at radius 1 is 1.37 bits per heavy atom. The topological polar surface area (TPSA) is 15.3 Å². The average Bonchev–Trinajstić information content (AvgIpc) is 3.21. The molecule has 0 aromatic heterocycles. The van der Waals surface area contributed by atoms with Crippen LogP contribution in [-0.2, 0) is 0 Å². The average molecular weight is 262 g/mol. The summed E-state index contributed by atoms with van der Waals surface area (Å²) in [4.78, 5) is 2.43. The summed E-state index contributed by atoms with van der Waals surface area (Å²) in [5.41, 5.74) is 2.10. The highest BCUT2D eigenvalue weighted by Gasteiger charge is 2.45. The summed E-state index contributed by atoms with van der Waals surface area (Å²) in [5.74, 6) is 0.695. The highest BCUT2D eigenvalue weighted by molar-refractivity contribution is 5.51. The van der Waals surface area contributed by atoms with Gasteiger partial charge in [-0.25, -0.2) is 4.39 Å². The summed E-state index contributed by atoms with van der Waals surface area (Å²) in [6.07, 6.45) is 2.68. The molecule has 1 aliphatic carbocycles. The van der Waals surface area contributed by atoms with Gasteiger partial charge in [0, 0.05) is 30.4 Å². The molecule has 0 radical (unpaired) electrons. The van der Waals surface area contributed by atoms with Crippen molar-refractivity contribution in [3.8, 4) is 0 Å². The highest BCUT2D eigenvalue weighted by Crippen LogP contribution is 2.42. The van der Waals surface area contributed by atoms with Crippen molar-refractivity contribution < 1.29 is 4.39 Å². The highest BCUT2D eigenvalue weighted by atomic mass is 19.1. The van der Waals surface area contributed by atoms with Gasteiger partial charge in [0.15, 0.2) is 0 Å². The molecule has 1 saturated heterocycles. The maximum absolute atomic E-state index is 13.4. The summed E-state index contributed by atoms with van der Waals surface area (Å²) in [6, 6.07) is 5.94. The van der Waals surface area contributed by atoms with Gasteiger partial charge >= 0.3 is 0 Å². The second-order valence-corrected chi connectivity index (χ2v) is 6.48. The number of benzene rings is 1. The zero-order valence-electron chi connectivity index (χ0n) is 12.0. The van der Waals surface area contributed by atoms with Crippen molar-refractivity contribution in [3.63, 3.8) is 0 Å². The third-order valence-electron chi connectivity index (χ3n) is 4.78. The van der Waals surface area contributed by atoms with Gasteiger partial charge in [-0.1, -0.05) is 0 Å². The predicted molar refractivity (Wildman–Crippen MR) is 77.1 cm³/mol. The Bertz CT molecular complexity index is 484. The molecule has 0 bridgehead atoms. The number of hydrogen-bond acceptors (Lipinski definition) is 2. The molecule has 0 spiro atoms. The van der Waals surface area contributed by atoms with E-state index in [0.29, 0.717) is 6.04 Å². The lowest BCUT2D eigenvalue weighted by Gasteiger charge is -2.47. The van der Waals surface area contributed by atoms with Crippen molar-refractivity contribution >= 4 is 5.69 Å². The SMILES string of the molecule is Cc1cc(N2CC(C)(C3CC3)NCC2C)ccc1F. The van der Waals surface area contributed by atoms with Crippen LogP contribution in [0, 0.1) is 18.7 Å². The quantitative estimate of drug-likeness (QED) is 0.881. The first kappa shape index (κ1) is 12.9. The summed E-state index contributed by atoms with van der Waals surface area (Å²) < 4.78 is 13.4. The fourth-order valence-electron chi connectivity index (χ4n) is 3.20. The van der Waals surface area contributed by atoms with Crippen LogP contribution in [0.15, 0.2) is 18.2 Å². The monoisotopic (exact) mass is 262 g/mol. The van der Waals surface area contributed by atoms with Crippen LogP contribution >= 0.6 is 0 Å². The fraction of sp³-hybridized carbons (Fsp3) is 0.625. The van der Waals surface area contributed by atoms with Crippen LogP contribution in [0.25, 0.3) is 0 Å². The number of rotatable bonds is 2. The second-order valence-electron chi connectivity index (χ2n) is 6.48. The van der Waals surface area contributed by atoms with E-state index in [-0.39, 0.29) is 11.4 Å². The summed E-state index contributed by atoms with van der Waals surface area (Å²) in [7, 11) is 0. The first-order valence-electron chi connectivity index (χ1n) is 7.27. The first-order valence-corrected chi connectivity index (χ1v) is 7.27.